The second-order valence-electron chi connectivity index (χ2n) is 7.10. The van der Waals surface area contributed by atoms with Crippen molar-refractivity contribution in [3.8, 4) is 0 Å². The molecule has 0 spiro atoms. The number of halogens is 6. The van der Waals surface area contributed by atoms with Crippen LogP contribution in [0.15, 0.2) is 29.4 Å². The summed E-state index contributed by atoms with van der Waals surface area (Å²) >= 11 is 0. The number of carbonyl (C=O) groups excluding carboxylic acids is 2. The summed E-state index contributed by atoms with van der Waals surface area (Å²) < 4.78 is 116. The van der Waals surface area contributed by atoms with Crippen LogP contribution in [-0.2, 0) is 42.5 Å². The number of aryl methyl sites for hydroxylation is 1. The minimum Gasteiger partial charge on any atom is -0.443 e. The van der Waals surface area contributed by atoms with Gasteiger partial charge in [-0.25, -0.2) is 31.4 Å². The van der Waals surface area contributed by atoms with E-state index in [2.05, 4.69) is 27.9 Å². The van der Waals surface area contributed by atoms with E-state index in [0.717, 1.165) is 36.2 Å². The molecule has 0 fully saturated rings. The van der Waals surface area contributed by atoms with Gasteiger partial charge in [-0.2, -0.15) is 30.9 Å². The molecule has 0 atom stereocenters. The predicted molar refractivity (Wildman–Crippen MR) is 120 cm³/mol. The van der Waals surface area contributed by atoms with Crippen LogP contribution in [0.1, 0.15) is 38.3 Å². The summed E-state index contributed by atoms with van der Waals surface area (Å²) in [7, 11) is -13.4. The van der Waals surface area contributed by atoms with Crippen LogP contribution >= 0.6 is 0 Å². The van der Waals surface area contributed by atoms with E-state index in [4.69, 9.17) is 4.74 Å². The van der Waals surface area contributed by atoms with E-state index < -0.39 is 31.1 Å². The first kappa shape index (κ1) is 35.2. The lowest BCUT2D eigenvalue weighted by Crippen LogP contribution is -2.40. The zero-order valence-corrected chi connectivity index (χ0v) is 21.6. The van der Waals surface area contributed by atoms with Gasteiger partial charge >= 0.3 is 17.1 Å². The van der Waals surface area contributed by atoms with Gasteiger partial charge in [-0.3, -0.25) is 0 Å². The summed E-state index contributed by atoms with van der Waals surface area (Å²) in [4.78, 5) is 24.9. The molecule has 0 saturated carbocycles. The Morgan fingerprint density at radius 1 is 1.03 bits per heavy atom. The summed E-state index contributed by atoms with van der Waals surface area (Å²) in [5.41, 5.74) is -11.2. The lowest BCUT2D eigenvalue weighted by Gasteiger charge is -2.22. The third-order valence-electron chi connectivity index (χ3n) is 4.27. The highest BCUT2D eigenvalue weighted by Crippen LogP contribution is 2.36. The van der Waals surface area contributed by atoms with Gasteiger partial charge in [0.2, 0.25) is 6.08 Å². The van der Waals surface area contributed by atoms with Crippen LogP contribution in [0.5, 0.6) is 0 Å². The molecular formula is C19H26F6N4O7S2. The molecule has 38 heavy (non-hydrogen) atoms. The molecular weight excluding hydrogens is 574 g/mol. The Morgan fingerprint density at radius 3 is 2.13 bits per heavy atom. The number of unbranched alkanes of at least 4 members (excludes halogenated alkanes) is 3. The second-order valence-corrected chi connectivity index (χ2v) is 10.5. The van der Waals surface area contributed by atoms with E-state index in [9.17, 15) is 52.8 Å². The summed E-state index contributed by atoms with van der Waals surface area (Å²) in [6.45, 7) is 4.26. The van der Waals surface area contributed by atoms with Gasteiger partial charge in [0.05, 0.1) is 6.54 Å². The maximum Gasteiger partial charge on any atom is 0.480 e. The molecule has 0 unspecified atom stereocenters. The van der Waals surface area contributed by atoms with Crippen LogP contribution in [-0.4, -0.2) is 59.7 Å². The lowest BCUT2D eigenvalue weighted by atomic mass is 10.2. The highest BCUT2D eigenvalue weighted by Gasteiger charge is 2.46. The molecule has 218 valence electrons. The van der Waals surface area contributed by atoms with Crippen LogP contribution in [0.3, 0.4) is 0 Å². The normalized spacial score (nSPS) is 12.1. The molecule has 0 radical (unpaired) electrons. The van der Waals surface area contributed by atoms with Crippen LogP contribution in [0, 0.1) is 0 Å². The fourth-order valence-corrected chi connectivity index (χ4v) is 4.17. The monoisotopic (exact) mass is 600 g/mol. The lowest BCUT2D eigenvalue weighted by molar-refractivity contribution is -0.704. The molecule has 1 aromatic heterocycles. The van der Waals surface area contributed by atoms with Gasteiger partial charge < -0.3 is 14.2 Å². The molecule has 1 aromatic rings. The summed E-state index contributed by atoms with van der Waals surface area (Å²) in [5.74, 6) is 0. The maximum atomic E-state index is 11.6. The molecule has 1 rings (SSSR count). The van der Waals surface area contributed by atoms with Crippen molar-refractivity contribution >= 4 is 32.2 Å². The van der Waals surface area contributed by atoms with E-state index in [1.54, 1.807) is 0 Å². The summed E-state index contributed by atoms with van der Waals surface area (Å²) in [6.07, 6.45) is 7.86. The third kappa shape index (κ3) is 13.7. The summed E-state index contributed by atoms with van der Waals surface area (Å²) in [5, 5.41) is 2.74. The minimum absolute atomic E-state index is 0.358. The maximum absolute atomic E-state index is 11.6. The van der Waals surface area contributed by atoms with Gasteiger partial charge in [-0.1, -0.05) is 25.8 Å². The van der Waals surface area contributed by atoms with Crippen LogP contribution in [0.25, 0.3) is 4.13 Å². The van der Waals surface area contributed by atoms with Gasteiger partial charge in [0.25, 0.3) is 0 Å². The van der Waals surface area contributed by atoms with Crippen molar-refractivity contribution in [1.82, 2.24) is 5.32 Å². The zero-order chi connectivity index (χ0) is 29.5. The number of nitrogens with zero attached hydrogens (tertiary/aromatic N) is 3. The first-order chi connectivity index (χ1) is 17.5. The number of alkyl halides is 6. The van der Waals surface area contributed by atoms with E-state index in [-0.39, 0.29) is 6.09 Å². The largest absolute Gasteiger partial charge is 0.480 e. The second kappa shape index (κ2) is 16.3. The first-order valence-corrected chi connectivity index (χ1v) is 13.6. The van der Waals surface area contributed by atoms with Crippen molar-refractivity contribution in [2.45, 2.75) is 56.6 Å². The van der Waals surface area contributed by atoms with Crippen molar-refractivity contribution in [2.24, 2.45) is 4.99 Å². The standard InChI is InChI=1S/C17H25N3O3.C2F6NO4S2/c1-2-16-9-5-8-12-20(16)13-14-23-17(22)19-11-7-4-3-6-10-18-15-21;3-1(4,5)14(10,11)9-15(12,13)2(6,7)8/h5,8-9,12H,2-4,6-7,10-11,13-14H2,1H3;/q;-1/p+1. The Morgan fingerprint density at radius 2 is 1.61 bits per heavy atom. The van der Waals surface area contributed by atoms with E-state index in [1.807, 2.05) is 18.3 Å². The Kier molecular flexibility index (Phi) is 15.1. The average molecular weight is 601 g/mol. The molecule has 0 aliphatic heterocycles. The molecule has 0 aromatic carbocycles. The number of pyridine rings is 1. The van der Waals surface area contributed by atoms with E-state index in [1.165, 1.54) is 11.8 Å². The highest BCUT2D eigenvalue weighted by atomic mass is 32.3. The molecule has 19 heteroatoms. The summed E-state index contributed by atoms with van der Waals surface area (Å²) in [6, 6.07) is 6.05. The van der Waals surface area contributed by atoms with E-state index >= 15 is 0 Å². The minimum atomic E-state index is -6.72. The third-order valence-corrected chi connectivity index (χ3v) is 7.01. The Hall–Kier alpha value is -2.76. The Bertz CT molecular complexity index is 1090. The van der Waals surface area contributed by atoms with Crippen LogP contribution in [0.4, 0.5) is 31.1 Å². The highest BCUT2D eigenvalue weighted by molar-refractivity contribution is 8.13. The SMILES string of the molecule is CCc1cccc[n+]1CCOC(=O)NCCCCCCN=C=O.O=S(=O)([N-]S(=O)(=O)C(F)(F)F)C(F)(F)F. The zero-order valence-electron chi connectivity index (χ0n) is 20.0. The number of isocyanates is 1. The molecule has 0 saturated heterocycles. The van der Waals surface area contributed by atoms with Crippen LogP contribution in [0.2, 0.25) is 0 Å². The number of alkyl carbamates (subject to hydrolysis) is 1. The van der Waals surface area contributed by atoms with Crippen molar-refractivity contribution in [1.29, 1.82) is 0 Å². The molecule has 0 aliphatic carbocycles. The molecule has 0 aliphatic rings. The van der Waals surface area contributed by atoms with Crippen molar-refractivity contribution in [3.63, 3.8) is 0 Å². The van der Waals surface area contributed by atoms with Crippen molar-refractivity contribution < 1.29 is 62.1 Å². The molecule has 1 N–H and O–H groups in total. The number of ether oxygens (including phenoxy) is 1. The first-order valence-electron chi connectivity index (χ1n) is 10.8. The van der Waals surface area contributed by atoms with E-state index in [0.29, 0.717) is 26.2 Å². The number of amides is 1. The number of hydrogen-bond acceptors (Lipinski definition) is 8. The van der Waals surface area contributed by atoms with Gasteiger partial charge in [0.1, 0.15) is 0 Å². The molecule has 1 heterocycles. The molecule has 0 bridgehead atoms. The Balaban J connectivity index is 0.000000793. The Labute approximate surface area is 215 Å². The number of hydrogen-bond donors (Lipinski definition) is 1. The van der Waals surface area contributed by atoms with Gasteiger partial charge in [-0.05, 0) is 12.8 Å². The molecule has 11 nitrogen and oxygen atoms in total. The van der Waals surface area contributed by atoms with Gasteiger partial charge in [0, 0.05) is 25.1 Å². The van der Waals surface area contributed by atoms with Gasteiger partial charge in [0.15, 0.2) is 45.1 Å². The number of carbonyl (C=O) groups is 1. The smallest absolute Gasteiger partial charge is 0.443 e. The fraction of sp³-hybridized carbons (Fsp3) is 0.632. The topological polar surface area (TPSA) is 154 Å². The van der Waals surface area contributed by atoms with Crippen molar-refractivity contribution in [2.75, 3.05) is 19.7 Å². The number of rotatable bonds is 13. The molecule has 1 amide bonds. The van der Waals surface area contributed by atoms with Crippen molar-refractivity contribution in [3.05, 3.63) is 34.2 Å². The number of aromatic nitrogens is 1. The number of nitrogens with one attached hydrogen (secondary N) is 1. The predicted octanol–water partition coefficient (Wildman–Crippen LogP) is 3.22. The van der Waals surface area contributed by atoms with Crippen LogP contribution < -0.4 is 9.88 Å². The average Bonchev–Trinajstić information content (AvgIpc) is 2.79. The number of aliphatic imine (C=N–C) groups is 1. The quantitative estimate of drug-likeness (QED) is 0.120. The van der Waals surface area contributed by atoms with Gasteiger partial charge in [-0.15, -0.1) is 0 Å². The fourth-order valence-electron chi connectivity index (χ4n) is 2.46. The number of sulfonamides is 2.